The van der Waals surface area contributed by atoms with E-state index < -0.39 is 0 Å². The third-order valence-corrected chi connectivity index (χ3v) is 7.06. The van der Waals surface area contributed by atoms with Crippen LogP contribution < -0.4 is 5.32 Å². The highest BCUT2D eigenvalue weighted by molar-refractivity contribution is 7.15. The van der Waals surface area contributed by atoms with Gasteiger partial charge in [-0.15, -0.1) is 11.3 Å². The Morgan fingerprint density at radius 3 is 2.78 bits per heavy atom. The Kier molecular flexibility index (Phi) is 5.17. The molecule has 32 heavy (non-hydrogen) atoms. The molecule has 164 valence electrons. The lowest BCUT2D eigenvalue weighted by molar-refractivity contribution is 0.0786. The molecule has 2 N–H and O–H groups in total. The van der Waals surface area contributed by atoms with Crippen molar-refractivity contribution in [2.24, 2.45) is 0 Å². The quantitative estimate of drug-likeness (QED) is 0.460. The zero-order valence-electron chi connectivity index (χ0n) is 18.7. The molecule has 1 fully saturated rings. The first kappa shape index (κ1) is 20.6. The zero-order valence-corrected chi connectivity index (χ0v) is 19.5. The van der Waals surface area contributed by atoms with E-state index >= 15 is 0 Å². The lowest BCUT2D eigenvalue weighted by Gasteiger charge is -2.16. The fourth-order valence-electron chi connectivity index (χ4n) is 4.25. The Balaban J connectivity index is 1.35. The minimum Gasteiger partial charge on any atom is -0.337 e. The van der Waals surface area contributed by atoms with Gasteiger partial charge in [0.25, 0.3) is 5.91 Å². The predicted molar refractivity (Wildman–Crippen MR) is 128 cm³/mol. The minimum absolute atomic E-state index is 0.0240. The second-order valence-corrected chi connectivity index (χ2v) is 9.77. The van der Waals surface area contributed by atoms with Crippen LogP contribution in [0.1, 0.15) is 50.3 Å². The lowest BCUT2D eigenvalue weighted by atomic mass is 10.0. The molecule has 0 radical (unpaired) electrons. The maximum Gasteiger partial charge on any atom is 0.275 e. The molecule has 7 nitrogen and oxygen atoms in total. The van der Waals surface area contributed by atoms with Crippen LogP contribution in [-0.2, 0) is 0 Å². The van der Waals surface area contributed by atoms with E-state index in [1.807, 2.05) is 49.9 Å². The summed E-state index contributed by atoms with van der Waals surface area (Å²) in [5.41, 5.74) is 6.50. The number of carbonyl (C=O) groups is 1. The van der Waals surface area contributed by atoms with Crippen LogP contribution in [0.4, 0.5) is 10.8 Å². The smallest absolute Gasteiger partial charge is 0.275 e. The molecule has 1 saturated heterocycles. The van der Waals surface area contributed by atoms with Crippen LogP contribution in [0.5, 0.6) is 0 Å². The van der Waals surface area contributed by atoms with Gasteiger partial charge in [0.2, 0.25) is 0 Å². The van der Waals surface area contributed by atoms with E-state index in [1.54, 1.807) is 11.3 Å². The highest BCUT2D eigenvalue weighted by atomic mass is 32.1. The van der Waals surface area contributed by atoms with Crippen LogP contribution >= 0.6 is 11.3 Å². The fourth-order valence-corrected chi connectivity index (χ4v) is 5.09. The van der Waals surface area contributed by atoms with Gasteiger partial charge >= 0.3 is 0 Å². The van der Waals surface area contributed by atoms with Crippen molar-refractivity contribution in [1.29, 1.82) is 0 Å². The van der Waals surface area contributed by atoms with Crippen molar-refractivity contribution < 1.29 is 4.79 Å². The Morgan fingerprint density at radius 1 is 1.16 bits per heavy atom. The number of nitrogens with one attached hydrogen (secondary N) is 2. The number of aromatic amines is 1. The van der Waals surface area contributed by atoms with Crippen molar-refractivity contribution in [2.75, 3.05) is 18.4 Å². The average molecular weight is 447 g/mol. The number of aromatic nitrogens is 4. The zero-order chi connectivity index (χ0) is 22.4. The number of rotatable bonds is 4. The Bertz CT molecular complexity index is 1300. The number of H-pyrrole nitrogens is 1. The fraction of sp³-hybridized carbons (Fsp3) is 0.333. The van der Waals surface area contributed by atoms with Crippen LogP contribution in [-0.4, -0.2) is 44.1 Å². The van der Waals surface area contributed by atoms with Gasteiger partial charge in [0.15, 0.2) is 10.8 Å². The highest BCUT2D eigenvalue weighted by Crippen LogP contribution is 2.31. The molecule has 0 bridgehead atoms. The van der Waals surface area contributed by atoms with Gasteiger partial charge in [-0.25, -0.2) is 4.98 Å². The third-order valence-electron chi connectivity index (χ3n) is 6.07. The Hall–Kier alpha value is -3.26. The normalized spacial score (nSPS) is 16.1. The van der Waals surface area contributed by atoms with E-state index in [1.165, 1.54) is 4.88 Å². The van der Waals surface area contributed by atoms with E-state index in [2.05, 4.69) is 33.5 Å². The number of nitrogens with zero attached hydrogens (tertiary/aromatic N) is 4. The van der Waals surface area contributed by atoms with Gasteiger partial charge < -0.3 is 10.2 Å². The molecule has 1 aliphatic heterocycles. The molecular formula is C24H26N6OS. The van der Waals surface area contributed by atoms with Crippen molar-refractivity contribution in [3.63, 3.8) is 0 Å². The van der Waals surface area contributed by atoms with Crippen LogP contribution in [0, 0.1) is 27.7 Å². The molecule has 1 aliphatic rings. The molecule has 0 saturated carbocycles. The van der Waals surface area contributed by atoms with E-state index in [9.17, 15) is 4.79 Å². The summed E-state index contributed by atoms with van der Waals surface area (Å²) in [6.07, 6.45) is 0.887. The summed E-state index contributed by atoms with van der Waals surface area (Å²) in [5.74, 6) is 0.176. The Labute approximate surface area is 190 Å². The maximum absolute atomic E-state index is 13.2. The number of likely N-dealkylation sites (tertiary alicyclic amines) is 1. The van der Waals surface area contributed by atoms with Crippen LogP contribution in [0.2, 0.25) is 0 Å². The molecule has 5 rings (SSSR count). The van der Waals surface area contributed by atoms with Gasteiger partial charge in [-0.05, 0) is 58.4 Å². The number of benzene rings is 1. The second kappa shape index (κ2) is 8.02. The largest absolute Gasteiger partial charge is 0.337 e. The van der Waals surface area contributed by atoms with Crippen molar-refractivity contribution in [2.45, 2.75) is 40.0 Å². The van der Waals surface area contributed by atoms with Gasteiger partial charge in [0.05, 0.1) is 11.2 Å². The summed E-state index contributed by atoms with van der Waals surface area (Å²) < 4.78 is 0. The highest BCUT2D eigenvalue weighted by Gasteiger charge is 2.31. The second-order valence-electron chi connectivity index (χ2n) is 8.57. The summed E-state index contributed by atoms with van der Waals surface area (Å²) in [4.78, 5) is 25.7. The van der Waals surface area contributed by atoms with Gasteiger partial charge in [-0.2, -0.15) is 5.10 Å². The van der Waals surface area contributed by atoms with Crippen LogP contribution in [0.25, 0.3) is 10.9 Å². The van der Waals surface area contributed by atoms with E-state index in [0.29, 0.717) is 18.8 Å². The number of carbonyl (C=O) groups excluding carboxylic acids is 1. The molecule has 1 amide bonds. The molecule has 1 aromatic carbocycles. The summed E-state index contributed by atoms with van der Waals surface area (Å²) in [7, 11) is 0. The number of aryl methyl sites for hydroxylation is 4. The number of fused-ring (bicyclic) bond motifs is 1. The summed E-state index contributed by atoms with van der Waals surface area (Å²) in [6, 6.07) is 10.1. The number of hydrogen-bond donors (Lipinski definition) is 2. The lowest BCUT2D eigenvalue weighted by Crippen LogP contribution is -2.29. The van der Waals surface area contributed by atoms with Crippen molar-refractivity contribution in [3.05, 3.63) is 63.5 Å². The van der Waals surface area contributed by atoms with Gasteiger partial charge in [0.1, 0.15) is 0 Å². The average Bonchev–Trinajstić information content (AvgIpc) is 3.46. The minimum atomic E-state index is -0.0240. The standard InChI is InChI=1S/C24H26N6OS/c1-13-5-6-20-19(9-13)22(29-28-20)23(31)30-8-7-17(12-30)21-11-18(10-14(2)25-21)27-24-26-15(3)16(4)32-24/h5-6,9-11,17H,7-8,12H2,1-4H3,(H,28,29)(H,25,26,27)/t17-/m0/s1. The summed E-state index contributed by atoms with van der Waals surface area (Å²) >= 11 is 1.65. The molecule has 4 heterocycles. The Morgan fingerprint density at radius 2 is 2.00 bits per heavy atom. The SMILES string of the molecule is Cc1ccc2[nH]nc(C(=O)N3CC[C@H](c4cc(Nc5nc(C)c(C)s5)cc(C)n4)C3)c2c1. The maximum atomic E-state index is 13.2. The number of thiazole rings is 1. The first-order valence-electron chi connectivity index (χ1n) is 10.8. The molecule has 3 aromatic heterocycles. The van der Waals surface area contributed by atoms with Gasteiger partial charge in [0, 0.05) is 46.3 Å². The van der Waals surface area contributed by atoms with E-state index in [-0.39, 0.29) is 11.8 Å². The summed E-state index contributed by atoms with van der Waals surface area (Å²) in [5, 5.41) is 12.5. The van der Waals surface area contributed by atoms with Crippen molar-refractivity contribution >= 4 is 39.0 Å². The monoisotopic (exact) mass is 446 g/mol. The number of amides is 1. The van der Waals surface area contributed by atoms with Gasteiger partial charge in [-0.1, -0.05) is 11.6 Å². The molecule has 8 heteroatoms. The van der Waals surface area contributed by atoms with E-state index in [4.69, 9.17) is 4.98 Å². The molecule has 0 spiro atoms. The van der Waals surface area contributed by atoms with Crippen molar-refractivity contribution in [3.8, 4) is 0 Å². The first-order valence-corrected chi connectivity index (χ1v) is 11.6. The van der Waals surface area contributed by atoms with Crippen molar-refractivity contribution in [1.82, 2.24) is 25.1 Å². The number of anilines is 2. The van der Waals surface area contributed by atoms with Crippen LogP contribution in [0.3, 0.4) is 0 Å². The number of hydrogen-bond acceptors (Lipinski definition) is 6. The topological polar surface area (TPSA) is 86.8 Å². The third kappa shape index (κ3) is 3.86. The van der Waals surface area contributed by atoms with E-state index in [0.717, 1.165) is 50.8 Å². The first-order chi connectivity index (χ1) is 15.4. The molecule has 0 aliphatic carbocycles. The molecule has 4 aromatic rings. The summed E-state index contributed by atoms with van der Waals surface area (Å²) in [6.45, 7) is 9.47. The van der Waals surface area contributed by atoms with Gasteiger partial charge in [-0.3, -0.25) is 14.9 Å². The molecule has 0 unspecified atom stereocenters. The molecular weight excluding hydrogens is 420 g/mol. The number of pyridine rings is 1. The van der Waals surface area contributed by atoms with Crippen LogP contribution in [0.15, 0.2) is 30.3 Å². The predicted octanol–water partition coefficient (Wildman–Crippen LogP) is 5.02. The molecule has 1 atom stereocenters.